The van der Waals surface area contributed by atoms with E-state index < -0.39 is 12.7 Å². The molecule has 0 bridgehead atoms. The van der Waals surface area contributed by atoms with Crippen molar-refractivity contribution < 1.29 is 32.5 Å². The Balaban J connectivity index is 1.66. The molecule has 1 atom stereocenters. The fourth-order valence-electron chi connectivity index (χ4n) is 2.74. The molecule has 27 heavy (non-hydrogen) atoms. The van der Waals surface area contributed by atoms with Gasteiger partial charge in [-0.05, 0) is 29.8 Å². The number of nitrogens with zero attached hydrogens (tertiary/aromatic N) is 1. The van der Waals surface area contributed by atoms with Crippen LogP contribution in [0.25, 0.3) is 0 Å². The van der Waals surface area contributed by atoms with E-state index in [1.54, 1.807) is 37.4 Å². The molecule has 0 aromatic heterocycles. The van der Waals surface area contributed by atoms with Crippen molar-refractivity contribution in [1.29, 1.82) is 0 Å². The number of amides is 1. The van der Waals surface area contributed by atoms with Gasteiger partial charge in [-0.1, -0.05) is 18.2 Å². The van der Waals surface area contributed by atoms with Gasteiger partial charge in [-0.3, -0.25) is 4.79 Å². The standard InChI is InChI=1S/C19H19F2NO5/c1-22(10-12-7-8-15(27-19(20)21)16(9-12)24-2)18(23)17-11-25-13-5-3-4-6-14(13)26-17/h3-9,17,19H,10-11H2,1-2H3/t17-/m0/s1. The maximum absolute atomic E-state index is 12.6. The highest BCUT2D eigenvalue weighted by atomic mass is 19.3. The molecule has 0 radical (unpaired) electrons. The number of carbonyl (C=O) groups excluding carboxylic acids is 1. The van der Waals surface area contributed by atoms with Gasteiger partial charge in [0.15, 0.2) is 23.0 Å². The normalized spacial score (nSPS) is 15.4. The van der Waals surface area contributed by atoms with Gasteiger partial charge in [-0.25, -0.2) is 0 Å². The lowest BCUT2D eigenvalue weighted by atomic mass is 10.1. The second kappa shape index (κ2) is 8.11. The molecule has 0 aliphatic carbocycles. The topological polar surface area (TPSA) is 57.2 Å². The SMILES string of the molecule is COc1cc(CN(C)C(=O)[C@@H]2COc3ccccc3O2)ccc1OC(F)F. The second-order valence-electron chi connectivity index (χ2n) is 5.92. The summed E-state index contributed by atoms with van der Waals surface area (Å²) in [4.78, 5) is 14.1. The number of halogens is 2. The third-order valence-corrected chi connectivity index (χ3v) is 4.02. The molecule has 1 aliphatic rings. The predicted octanol–water partition coefficient (Wildman–Crippen LogP) is 3.10. The van der Waals surface area contributed by atoms with Gasteiger partial charge in [-0.15, -0.1) is 0 Å². The van der Waals surface area contributed by atoms with Crippen LogP contribution in [0.3, 0.4) is 0 Å². The zero-order valence-electron chi connectivity index (χ0n) is 14.9. The number of hydrogen-bond acceptors (Lipinski definition) is 5. The average molecular weight is 379 g/mol. The largest absolute Gasteiger partial charge is 0.493 e. The fourth-order valence-corrected chi connectivity index (χ4v) is 2.74. The van der Waals surface area contributed by atoms with E-state index in [4.69, 9.17) is 14.2 Å². The van der Waals surface area contributed by atoms with Gasteiger partial charge in [-0.2, -0.15) is 8.78 Å². The van der Waals surface area contributed by atoms with E-state index in [0.717, 1.165) is 0 Å². The summed E-state index contributed by atoms with van der Waals surface area (Å²) in [7, 11) is 2.99. The average Bonchev–Trinajstić information content (AvgIpc) is 2.67. The number of para-hydroxylation sites is 2. The summed E-state index contributed by atoms with van der Waals surface area (Å²) in [5.74, 6) is 0.969. The number of carbonyl (C=O) groups is 1. The summed E-state index contributed by atoms with van der Waals surface area (Å²) in [6.07, 6.45) is -0.756. The lowest BCUT2D eigenvalue weighted by Gasteiger charge is -2.29. The number of hydrogen-bond donors (Lipinski definition) is 0. The molecule has 1 amide bonds. The Morgan fingerprint density at radius 3 is 2.67 bits per heavy atom. The predicted molar refractivity (Wildman–Crippen MR) is 92.5 cm³/mol. The maximum atomic E-state index is 12.6. The van der Waals surface area contributed by atoms with Crippen LogP contribution in [-0.2, 0) is 11.3 Å². The molecule has 1 aliphatic heterocycles. The number of benzene rings is 2. The van der Waals surface area contributed by atoms with Crippen molar-refractivity contribution in [2.75, 3.05) is 20.8 Å². The Morgan fingerprint density at radius 2 is 1.96 bits per heavy atom. The second-order valence-corrected chi connectivity index (χ2v) is 5.92. The number of likely N-dealkylation sites (N-methyl/N-ethyl adjacent to an activating group) is 1. The van der Waals surface area contributed by atoms with Crippen LogP contribution < -0.4 is 18.9 Å². The molecule has 1 heterocycles. The van der Waals surface area contributed by atoms with Crippen LogP contribution in [0.15, 0.2) is 42.5 Å². The molecule has 144 valence electrons. The molecule has 3 rings (SSSR count). The van der Waals surface area contributed by atoms with Gasteiger partial charge in [0.05, 0.1) is 7.11 Å². The van der Waals surface area contributed by atoms with Crippen molar-refractivity contribution in [3.8, 4) is 23.0 Å². The van der Waals surface area contributed by atoms with E-state index in [0.29, 0.717) is 17.1 Å². The Morgan fingerprint density at radius 1 is 1.22 bits per heavy atom. The molecular formula is C19H19F2NO5. The van der Waals surface area contributed by atoms with Crippen LogP contribution in [0, 0.1) is 0 Å². The highest BCUT2D eigenvalue weighted by Crippen LogP contribution is 2.32. The molecule has 0 unspecified atom stereocenters. The van der Waals surface area contributed by atoms with Crippen LogP contribution in [0.1, 0.15) is 5.56 Å². The minimum absolute atomic E-state index is 0.0640. The van der Waals surface area contributed by atoms with Crippen LogP contribution >= 0.6 is 0 Å². The van der Waals surface area contributed by atoms with Crippen LogP contribution in [0.4, 0.5) is 8.78 Å². The van der Waals surface area contributed by atoms with Gasteiger partial charge >= 0.3 is 6.61 Å². The number of ether oxygens (including phenoxy) is 4. The van der Waals surface area contributed by atoms with Gasteiger partial charge in [0.2, 0.25) is 6.10 Å². The molecule has 2 aromatic rings. The zero-order chi connectivity index (χ0) is 19.4. The van der Waals surface area contributed by atoms with Crippen LogP contribution in [0.2, 0.25) is 0 Å². The third kappa shape index (κ3) is 4.39. The van der Waals surface area contributed by atoms with E-state index >= 15 is 0 Å². The number of methoxy groups -OCH3 is 1. The first kappa shape index (κ1) is 18.8. The first-order valence-electron chi connectivity index (χ1n) is 8.23. The Bertz CT molecular complexity index is 814. The van der Waals surface area contributed by atoms with E-state index in [1.807, 2.05) is 6.07 Å². The first-order chi connectivity index (χ1) is 13.0. The van der Waals surface area contributed by atoms with E-state index in [2.05, 4.69) is 4.74 Å². The summed E-state index contributed by atoms with van der Waals surface area (Å²) in [6.45, 7) is -2.59. The fraction of sp³-hybridized carbons (Fsp3) is 0.316. The van der Waals surface area contributed by atoms with Crippen molar-refractivity contribution in [2.24, 2.45) is 0 Å². The smallest absolute Gasteiger partial charge is 0.387 e. The monoisotopic (exact) mass is 379 g/mol. The highest BCUT2D eigenvalue weighted by molar-refractivity contribution is 5.81. The molecule has 2 aromatic carbocycles. The molecule has 0 fully saturated rings. The molecule has 0 saturated carbocycles. The summed E-state index contributed by atoms with van der Waals surface area (Å²) >= 11 is 0. The Hall–Kier alpha value is -3.03. The van der Waals surface area contributed by atoms with Gasteiger partial charge in [0.25, 0.3) is 5.91 Å². The van der Waals surface area contributed by atoms with Crippen LogP contribution in [-0.4, -0.2) is 44.3 Å². The minimum Gasteiger partial charge on any atom is -0.493 e. The molecule has 0 saturated heterocycles. The van der Waals surface area contributed by atoms with Crippen molar-refractivity contribution in [2.45, 2.75) is 19.3 Å². The molecular weight excluding hydrogens is 360 g/mol. The third-order valence-electron chi connectivity index (χ3n) is 4.02. The van der Waals surface area contributed by atoms with E-state index in [-0.39, 0.29) is 30.6 Å². The van der Waals surface area contributed by atoms with Crippen molar-refractivity contribution in [3.05, 3.63) is 48.0 Å². The molecule has 0 spiro atoms. The van der Waals surface area contributed by atoms with E-state index in [1.165, 1.54) is 18.1 Å². The van der Waals surface area contributed by atoms with Gasteiger partial charge in [0, 0.05) is 13.6 Å². The number of alkyl halides is 2. The number of rotatable bonds is 6. The van der Waals surface area contributed by atoms with Crippen LogP contribution in [0.5, 0.6) is 23.0 Å². The van der Waals surface area contributed by atoms with Crippen molar-refractivity contribution in [3.63, 3.8) is 0 Å². The maximum Gasteiger partial charge on any atom is 0.387 e. The Labute approximate surface area is 155 Å². The molecule has 6 nitrogen and oxygen atoms in total. The summed E-state index contributed by atoms with van der Waals surface area (Å²) < 4.78 is 45.6. The Kier molecular flexibility index (Phi) is 5.63. The van der Waals surface area contributed by atoms with Crippen molar-refractivity contribution >= 4 is 5.91 Å². The lowest BCUT2D eigenvalue weighted by Crippen LogP contribution is -2.44. The first-order valence-corrected chi connectivity index (χ1v) is 8.23. The van der Waals surface area contributed by atoms with Crippen molar-refractivity contribution in [1.82, 2.24) is 4.90 Å². The van der Waals surface area contributed by atoms with Gasteiger partial charge in [0.1, 0.15) is 6.61 Å². The quantitative estimate of drug-likeness (QED) is 0.772. The molecule has 8 heteroatoms. The summed E-state index contributed by atoms with van der Waals surface area (Å²) in [5, 5.41) is 0. The summed E-state index contributed by atoms with van der Waals surface area (Å²) in [5.41, 5.74) is 0.696. The molecule has 0 N–H and O–H groups in total. The zero-order valence-corrected chi connectivity index (χ0v) is 14.9. The summed E-state index contributed by atoms with van der Waals surface area (Å²) in [6, 6.07) is 11.7. The highest BCUT2D eigenvalue weighted by Gasteiger charge is 2.29. The van der Waals surface area contributed by atoms with Gasteiger partial charge < -0.3 is 23.8 Å². The lowest BCUT2D eigenvalue weighted by molar-refractivity contribution is -0.140. The minimum atomic E-state index is -2.94. The van der Waals surface area contributed by atoms with E-state index in [9.17, 15) is 13.6 Å². The number of fused-ring (bicyclic) bond motifs is 1.